The van der Waals surface area contributed by atoms with Crippen LogP contribution in [0.4, 0.5) is 13.2 Å². The summed E-state index contributed by atoms with van der Waals surface area (Å²) in [6.45, 7) is 0. The maximum Gasteiger partial charge on any atom is 0.417 e. The van der Waals surface area contributed by atoms with Gasteiger partial charge in [-0.15, -0.1) is 0 Å². The van der Waals surface area contributed by atoms with Crippen molar-refractivity contribution in [2.45, 2.75) is 6.18 Å². The third kappa shape index (κ3) is 3.19. The Morgan fingerprint density at radius 1 is 1.41 bits per heavy atom. The molecule has 0 aliphatic carbocycles. The van der Waals surface area contributed by atoms with E-state index in [1.54, 1.807) is 0 Å². The summed E-state index contributed by atoms with van der Waals surface area (Å²) in [5, 5.41) is 0.733. The standard InChI is InChI=1S/C10H9BrF3NO2/c1-15(17-2)9(16)7-5-6(11)3-4-8(7)10(12,13)14/h3-5H,1-2H3. The van der Waals surface area contributed by atoms with Crippen molar-refractivity contribution in [1.82, 2.24) is 5.06 Å². The van der Waals surface area contributed by atoms with Crippen molar-refractivity contribution in [2.24, 2.45) is 0 Å². The van der Waals surface area contributed by atoms with Gasteiger partial charge in [-0.3, -0.25) is 9.63 Å². The molecule has 0 saturated carbocycles. The highest BCUT2D eigenvalue weighted by atomic mass is 79.9. The number of amides is 1. The second-order valence-electron chi connectivity index (χ2n) is 3.17. The van der Waals surface area contributed by atoms with Crippen LogP contribution in [0.1, 0.15) is 15.9 Å². The molecule has 0 fully saturated rings. The lowest BCUT2D eigenvalue weighted by Gasteiger charge is -2.17. The van der Waals surface area contributed by atoms with Crippen LogP contribution < -0.4 is 0 Å². The molecule has 1 amide bonds. The molecule has 0 aromatic heterocycles. The highest BCUT2D eigenvalue weighted by molar-refractivity contribution is 9.10. The van der Waals surface area contributed by atoms with Crippen LogP contribution in [0.2, 0.25) is 0 Å². The number of rotatable bonds is 2. The van der Waals surface area contributed by atoms with Crippen molar-refractivity contribution in [3.8, 4) is 0 Å². The van der Waals surface area contributed by atoms with Gasteiger partial charge in [0.2, 0.25) is 0 Å². The predicted octanol–water partition coefficient (Wildman–Crippen LogP) is 3.10. The van der Waals surface area contributed by atoms with E-state index in [1.165, 1.54) is 20.2 Å². The average molecular weight is 312 g/mol. The molecule has 17 heavy (non-hydrogen) atoms. The zero-order valence-corrected chi connectivity index (χ0v) is 10.6. The zero-order valence-electron chi connectivity index (χ0n) is 9.01. The topological polar surface area (TPSA) is 29.5 Å². The van der Waals surface area contributed by atoms with E-state index in [0.717, 1.165) is 17.2 Å². The Morgan fingerprint density at radius 2 is 2.00 bits per heavy atom. The first-order valence-electron chi connectivity index (χ1n) is 4.46. The molecule has 7 heteroatoms. The largest absolute Gasteiger partial charge is 0.417 e. The number of hydroxylamine groups is 2. The van der Waals surface area contributed by atoms with Gasteiger partial charge in [0.05, 0.1) is 18.2 Å². The van der Waals surface area contributed by atoms with Crippen molar-refractivity contribution in [1.29, 1.82) is 0 Å². The summed E-state index contributed by atoms with van der Waals surface area (Å²) in [5.74, 6) is -0.860. The minimum atomic E-state index is -4.58. The Kier molecular flexibility index (Phi) is 4.16. The van der Waals surface area contributed by atoms with Gasteiger partial charge in [0, 0.05) is 11.5 Å². The van der Waals surface area contributed by atoms with Crippen molar-refractivity contribution in [3.63, 3.8) is 0 Å². The Labute approximate surface area is 104 Å². The monoisotopic (exact) mass is 311 g/mol. The SMILES string of the molecule is CON(C)C(=O)c1cc(Br)ccc1C(F)(F)F. The number of carbonyl (C=O) groups is 1. The van der Waals surface area contributed by atoms with Gasteiger partial charge in [0.25, 0.3) is 5.91 Å². The molecule has 1 aromatic carbocycles. The van der Waals surface area contributed by atoms with Gasteiger partial charge < -0.3 is 0 Å². The van der Waals surface area contributed by atoms with Crippen molar-refractivity contribution >= 4 is 21.8 Å². The fourth-order valence-electron chi connectivity index (χ4n) is 1.19. The molecule has 3 nitrogen and oxygen atoms in total. The molecular weight excluding hydrogens is 303 g/mol. The molecule has 0 heterocycles. The Bertz CT molecular complexity index is 434. The maximum atomic E-state index is 12.7. The summed E-state index contributed by atoms with van der Waals surface area (Å²) in [4.78, 5) is 16.3. The number of halogens is 4. The van der Waals surface area contributed by atoms with E-state index in [-0.39, 0.29) is 0 Å². The van der Waals surface area contributed by atoms with Gasteiger partial charge in [-0.1, -0.05) is 15.9 Å². The summed E-state index contributed by atoms with van der Waals surface area (Å²) in [7, 11) is 2.44. The maximum absolute atomic E-state index is 12.7. The third-order valence-electron chi connectivity index (χ3n) is 2.08. The lowest BCUT2D eigenvalue weighted by atomic mass is 10.1. The first-order valence-corrected chi connectivity index (χ1v) is 5.25. The summed E-state index contributed by atoms with van der Waals surface area (Å²) < 4.78 is 38.4. The predicted molar refractivity (Wildman–Crippen MR) is 58.2 cm³/mol. The van der Waals surface area contributed by atoms with Crippen molar-refractivity contribution in [3.05, 3.63) is 33.8 Å². The summed E-state index contributed by atoms with van der Waals surface area (Å²) >= 11 is 3.02. The highest BCUT2D eigenvalue weighted by Gasteiger charge is 2.36. The van der Waals surface area contributed by atoms with E-state index < -0.39 is 23.2 Å². The van der Waals surface area contributed by atoms with Crippen molar-refractivity contribution < 1.29 is 22.8 Å². The number of carbonyl (C=O) groups excluding carboxylic acids is 1. The fraction of sp³-hybridized carbons (Fsp3) is 0.300. The molecule has 0 spiro atoms. The van der Waals surface area contributed by atoms with Gasteiger partial charge in [-0.25, -0.2) is 5.06 Å². The lowest BCUT2D eigenvalue weighted by molar-refractivity contribution is -0.138. The summed E-state index contributed by atoms with van der Waals surface area (Å²) in [6.07, 6.45) is -4.58. The van der Waals surface area contributed by atoms with Crippen LogP contribution in [0.25, 0.3) is 0 Å². The van der Waals surface area contributed by atoms with E-state index in [4.69, 9.17) is 0 Å². The lowest BCUT2D eigenvalue weighted by Crippen LogP contribution is -2.27. The van der Waals surface area contributed by atoms with Gasteiger partial charge >= 0.3 is 6.18 Å². The highest BCUT2D eigenvalue weighted by Crippen LogP contribution is 2.33. The van der Waals surface area contributed by atoms with Crippen LogP contribution in [0, 0.1) is 0 Å². The van der Waals surface area contributed by atoms with Crippen molar-refractivity contribution in [2.75, 3.05) is 14.2 Å². The van der Waals surface area contributed by atoms with Crippen LogP contribution in [0.15, 0.2) is 22.7 Å². The fourth-order valence-corrected chi connectivity index (χ4v) is 1.55. The molecule has 1 rings (SSSR count). The van der Waals surface area contributed by atoms with Crippen LogP contribution >= 0.6 is 15.9 Å². The second-order valence-corrected chi connectivity index (χ2v) is 4.09. The molecule has 0 unspecified atom stereocenters. The zero-order chi connectivity index (χ0) is 13.2. The number of benzene rings is 1. The van der Waals surface area contributed by atoms with Crippen LogP contribution in [-0.4, -0.2) is 25.1 Å². The Hall–Kier alpha value is -1.08. The normalized spacial score (nSPS) is 11.4. The smallest absolute Gasteiger partial charge is 0.274 e. The molecule has 0 radical (unpaired) electrons. The Morgan fingerprint density at radius 3 is 2.47 bits per heavy atom. The summed E-state index contributed by atoms with van der Waals surface area (Å²) in [6, 6.07) is 3.19. The molecule has 0 aliphatic rings. The quantitative estimate of drug-likeness (QED) is 0.785. The molecule has 1 aromatic rings. The molecule has 0 bridgehead atoms. The van der Waals surface area contributed by atoms with E-state index >= 15 is 0 Å². The molecular formula is C10H9BrF3NO2. The molecule has 0 N–H and O–H groups in total. The van der Waals surface area contributed by atoms with Gasteiger partial charge in [0.1, 0.15) is 0 Å². The number of alkyl halides is 3. The van der Waals surface area contributed by atoms with Gasteiger partial charge in [-0.05, 0) is 18.2 Å². The minimum Gasteiger partial charge on any atom is -0.274 e. The summed E-state index contributed by atoms with van der Waals surface area (Å²) in [5.41, 5.74) is -1.45. The van der Waals surface area contributed by atoms with Crippen LogP contribution in [0.5, 0.6) is 0 Å². The van der Waals surface area contributed by atoms with Crippen LogP contribution in [-0.2, 0) is 11.0 Å². The van der Waals surface area contributed by atoms with Gasteiger partial charge in [-0.2, -0.15) is 13.2 Å². The number of nitrogens with zero attached hydrogens (tertiary/aromatic N) is 1. The molecule has 0 aliphatic heterocycles. The van der Waals surface area contributed by atoms with E-state index in [9.17, 15) is 18.0 Å². The first-order chi connectivity index (χ1) is 7.77. The van der Waals surface area contributed by atoms with E-state index in [1.807, 2.05) is 0 Å². The Balaban J connectivity index is 3.30. The minimum absolute atomic E-state index is 0.387. The van der Waals surface area contributed by atoms with E-state index in [2.05, 4.69) is 20.8 Å². The third-order valence-corrected chi connectivity index (χ3v) is 2.57. The second kappa shape index (κ2) is 5.05. The van der Waals surface area contributed by atoms with Crippen LogP contribution in [0.3, 0.4) is 0 Å². The number of hydrogen-bond acceptors (Lipinski definition) is 2. The average Bonchev–Trinajstić information content (AvgIpc) is 2.25. The number of hydrogen-bond donors (Lipinski definition) is 0. The molecule has 0 saturated heterocycles. The van der Waals surface area contributed by atoms with E-state index in [0.29, 0.717) is 4.47 Å². The first kappa shape index (κ1) is 14.0. The molecule has 94 valence electrons. The molecule has 0 atom stereocenters. The van der Waals surface area contributed by atoms with Gasteiger partial charge in [0.15, 0.2) is 0 Å².